The topological polar surface area (TPSA) is 20.2 Å². The van der Waals surface area contributed by atoms with Gasteiger partial charge in [0.15, 0.2) is 0 Å². The van der Waals surface area contributed by atoms with E-state index in [2.05, 4.69) is 22.9 Å². The van der Waals surface area contributed by atoms with E-state index >= 15 is 0 Å². The zero-order chi connectivity index (χ0) is 11.8. The quantitative estimate of drug-likeness (QED) is 0.889. The van der Waals surface area contributed by atoms with Crippen molar-refractivity contribution < 1.29 is 5.11 Å². The molecule has 0 aromatic heterocycles. The zero-order valence-corrected chi connectivity index (χ0v) is 11.7. The molecule has 1 N–H and O–H groups in total. The summed E-state index contributed by atoms with van der Waals surface area (Å²) in [6, 6.07) is 5.97. The second-order valence-electron chi connectivity index (χ2n) is 5.00. The highest BCUT2D eigenvalue weighted by Crippen LogP contribution is 2.47. The number of aliphatic hydroxyl groups excluding tert-OH is 1. The molecule has 0 saturated heterocycles. The molecule has 0 heterocycles. The van der Waals surface area contributed by atoms with Crippen LogP contribution in [0.25, 0.3) is 0 Å². The molecule has 1 fully saturated rings. The summed E-state index contributed by atoms with van der Waals surface area (Å²) in [5.74, 6) is 0.664. The fraction of sp³-hybridized carbons (Fsp3) is 0.538. The first-order valence-corrected chi connectivity index (χ1v) is 6.77. The predicted molar refractivity (Wildman–Crippen MR) is 70.8 cm³/mol. The number of aliphatic hydroxyl groups is 1. The molecule has 16 heavy (non-hydrogen) atoms. The lowest BCUT2D eigenvalue weighted by molar-refractivity contribution is 0.119. The Bertz CT molecular complexity index is 390. The van der Waals surface area contributed by atoms with Gasteiger partial charge in [-0.25, -0.2) is 0 Å². The van der Waals surface area contributed by atoms with Crippen molar-refractivity contribution in [2.75, 3.05) is 6.61 Å². The fourth-order valence-corrected chi connectivity index (χ4v) is 2.95. The van der Waals surface area contributed by atoms with Gasteiger partial charge < -0.3 is 5.11 Å². The minimum Gasteiger partial charge on any atom is -0.396 e. The smallest absolute Gasteiger partial charge is 0.0490 e. The van der Waals surface area contributed by atoms with Crippen LogP contribution in [-0.4, -0.2) is 11.7 Å². The fourth-order valence-electron chi connectivity index (χ4n) is 2.21. The highest BCUT2D eigenvalue weighted by Gasteiger charge is 2.41. The highest BCUT2D eigenvalue weighted by atomic mass is 79.9. The SMILES string of the molecule is CC(CO)(Cc1ccc(Br)cc1Cl)C1CC1. The maximum Gasteiger partial charge on any atom is 0.0490 e. The monoisotopic (exact) mass is 302 g/mol. The van der Waals surface area contributed by atoms with Gasteiger partial charge in [0.2, 0.25) is 0 Å². The molecule has 1 aromatic rings. The van der Waals surface area contributed by atoms with Crippen LogP contribution in [0.1, 0.15) is 25.3 Å². The van der Waals surface area contributed by atoms with Crippen molar-refractivity contribution in [3.05, 3.63) is 33.3 Å². The van der Waals surface area contributed by atoms with Gasteiger partial charge >= 0.3 is 0 Å². The van der Waals surface area contributed by atoms with Crippen molar-refractivity contribution in [1.82, 2.24) is 0 Å². The van der Waals surface area contributed by atoms with E-state index in [4.69, 9.17) is 11.6 Å². The summed E-state index contributed by atoms with van der Waals surface area (Å²) in [6.07, 6.45) is 3.34. The van der Waals surface area contributed by atoms with Gasteiger partial charge in [-0.1, -0.05) is 40.5 Å². The Kier molecular flexibility index (Phi) is 3.62. The van der Waals surface area contributed by atoms with Crippen LogP contribution in [0.2, 0.25) is 5.02 Å². The summed E-state index contributed by atoms with van der Waals surface area (Å²) < 4.78 is 0.998. The van der Waals surface area contributed by atoms with Gasteiger partial charge in [0.05, 0.1) is 0 Å². The van der Waals surface area contributed by atoms with Crippen molar-refractivity contribution in [3.8, 4) is 0 Å². The molecule has 1 nitrogen and oxygen atoms in total. The highest BCUT2D eigenvalue weighted by molar-refractivity contribution is 9.10. The molecule has 0 aliphatic heterocycles. The van der Waals surface area contributed by atoms with E-state index in [1.807, 2.05) is 18.2 Å². The zero-order valence-electron chi connectivity index (χ0n) is 9.34. The van der Waals surface area contributed by atoms with E-state index in [0.717, 1.165) is 21.5 Å². The third kappa shape index (κ3) is 2.61. The van der Waals surface area contributed by atoms with E-state index in [1.165, 1.54) is 12.8 Å². The van der Waals surface area contributed by atoms with Gasteiger partial charge in [-0.2, -0.15) is 0 Å². The molecule has 1 aliphatic carbocycles. The standard InChI is InChI=1S/C13H16BrClO/c1-13(8-16,10-3-4-10)7-9-2-5-11(14)6-12(9)15/h2,5-6,10,16H,3-4,7-8H2,1H3. The summed E-state index contributed by atoms with van der Waals surface area (Å²) in [5.41, 5.74) is 1.13. The van der Waals surface area contributed by atoms with Gasteiger partial charge in [-0.3, -0.25) is 0 Å². The van der Waals surface area contributed by atoms with Crippen LogP contribution in [0.4, 0.5) is 0 Å². The number of hydrogen-bond donors (Lipinski definition) is 1. The lowest BCUT2D eigenvalue weighted by Crippen LogP contribution is -2.26. The van der Waals surface area contributed by atoms with Gasteiger partial charge in [-0.15, -0.1) is 0 Å². The van der Waals surface area contributed by atoms with Crippen LogP contribution in [0.5, 0.6) is 0 Å². The molecule has 88 valence electrons. The first-order chi connectivity index (χ1) is 7.55. The Hall–Kier alpha value is -0.0500. The largest absolute Gasteiger partial charge is 0.396 e. The first-order valence-electron chi connectivity index (χ1n) is 5.60. The van der Waals surface area contributed by atoms with Gasteiger partial charge in [0.25, 0.3) is 0 Å². The molecule has 2 rings (SSSR count). The van der Waals surface area contributed by atoms with Crippen molar-refractivity contribution >= 4 is 27.5 Å². The van der Waals surface area contributed by atoms with Crippen LogP contribution >= 0.6 is 27.5 Å². The van der Waals surface area contributed by atoms with Crippen molar-refractivity contribution in [3.63, 3.8) is 0 Å². The number of rotatable bonds is 4. The Morgan fingerprint density at radius 2 is 2.19 bits per heavy atom. The van der Waals surface area contributed by atoms with Gasteiger partial charge in [-0.05, 0) is 48.3 Å². The summed E-state index contributed by atoms with van der Waals surface area (Å²) in [5, 5.41) is 10.3. The van der Waals surface area contributed by atoms with E-state index in [9.17, 15) is 5.11 Å². The molecular weight excluding hydrogens is 287 g/mol. The van der Waals surface area contributed by atoms with Gasteiger partial charge in [0, 0.05) is 16.1 Å². The molecular formula is C13H16BrClO. The molecule has 1 aromatic carbocycles. The average Bonchev–Trinajstić information content (AvgIpc) is 3.06. The van der Waals surface area contributed by atoms with E-state index in [1.54, 1.807) is 0 Å². The molecule has 0 radical (unpaired) electrons. The Morgan fingerprint density at radius 3 is 2.69 bits per heavy atom. The van der Waals surface area contributed by atoms with Crippen LogP contribution in [0, 0.1) is 11.3 Å². The van der Waals surface area contributed by atoms with E-state index in [-0.39, 0.29) is 12.0 Å². The Labute approximate surface area is 110 Å². The molecule has 1 unspecified atom stereocenters. The Morgan fingerprint density at radius 1 is 1.50 bits per heavy atom. The second kappa shape index (κ2) is 4.67. The van der Waals surface area contributed by atoms with Crippen LogP contribution in [0.15, 0.2) is 22.7 Å². The molecule has 1 saturated carbocycles. The molecule has 0 spiro atoms. The van der Waals surface area contributed by atoms with Crippen molar-refractivity contribution in [2.45, 2.75) is 26.2 Å². The van der Waals surface area contributed by atoms with E-state index in [0.29, 0.717) is 5.92 Å². The van der Waals surface area contributed by atoms with Crippen LogP contribution in [0.3, 0.4) is 0 Å². The van der Waals surface area contributed by atoms with Crippen molar-refractivity contribution in [1.29, 1.82) is 0 Å². The molecule has 0 bridgehead atoms. The normalized spacial score (nSPS) is 19.5. The summed E-state index contributed by atoms with van der Waals surface area (Å²) in [7, 11) is 0. The van der Waals surface area contributed by atoms with Crippen LogP contribution in [-0.2, 0) is 6.42 Å². The number of benzene rings is 1. The van der Waals surface area contributed by atoms with Crippen LogP contribution < -0.4 is 0 Å². The molecule has 0 amide bonds. The average molecular weight is 304 g/mol. The van der Waals surface area contributed by atoms with E-state index < -0.39 is 0 Å². The number of halogens is 2. The lowest BCUT2D eigenvalue weighted by atomic mass is 9.80. The third-order valence-electron chi connectivity index (χ3n) is 3.53. The summed E-state index contributed by atoms with van der Waals surface area (Å²) >= 11 is 9.61. The predicted octanol–water partition coefficient (Wildman–Crippen LogP) is 4.05. The Balaban J connectivity index is 2.18. The first kappa shape index (κ1) is 12.4. The minimum atomic E-state index is -0.00251. The van der Waals surface area contributed by atoms with Crippen molar-refractivity contribution in [2.24, 2.45) is 11.3 Å². The summed E-state index contributed by atoms with van der Waals surface area (Å²) in [6.45, 7) is 2.40. The maximum absolute atomic E-state index is 9.55. The number of hydrogen-bond acceptors (Lipinski definition) is 1. The third-order valence-corrected chi connectivity index (χ3v) is 4.38. The lowest BCUT2D eigenvalue weighted by Gasteiger charge is -2.27. The maximum atomic E-state index is 9.55. The molecule has 3 heteroatoms. The molecule has 1 aliphatic rings. The summed E-state index contributed by atoms with van der Waals surface area (Å²) in [4.78, 5) is 0. The minimum absolute atomic E-state index is 0.00251. The molecule has 1 atom stereocenters. The van der Waals surface area contributed by atoms with Gasteiger partial charge in [0.1, 0.15) is 0 Å². The second-order valence-corrected chi connectivity index (χ2v) is 6.32.